The van der Waals surface area contributed by atoms with E-state index in [4.69, 9.17) is 4.74 Å². The van der Waals surface area contributed by atoms with Gasteiger partial charge in [-0.2, -0.15) is 0 Å². The maximum absolute atomic E-state index is 11.9. The Bertz CT molecular complexity index is 618. The molecule has 21 heavy (non-hydrogen) atoms. The first-order valence-corrected chi connectivity index (χ1v) is 6.35. The molecule has 0 amide bonds. The van der Waals surface area contributed by atoms with Crippen LogP contribution in [-0.4, -0.2) is 11.9 Å². The van der Waals surface area contributed by atoms with Gasteiger partial charge in [0.25, 0.3) is 0 Å². The van der Waals surface area contributed by atoms with E-state index in [2.05, 4.69) is 13.2 Å². The molecule has 0 fully saturated rings. The molecule has 0 spiro atoms. The highest BCUT2D eigenvalue weighted by atomic mass is 16.6. The molecule has 0 radical (unpaired) electrons. The molecule has 2 rings (SSSR count). The van der Waals surface area contributed by atoms with Gasteiger partial charge in [0.1, 0.15) is 0 Å². The van der Waals surface area contributed by atoms with Crippen molar-refractivity contribution in [1.29, 1.82) is 0 Å². The molecule has 0 saturated carbocycles. The third kappa shape index (κ3) is 3.54. The first-order valence-electron chi connectivity index (χ1n) is 6.35. The summed E-state index contributed by atoms with van der Waals surface area (Å²) in [5, 5.41) is 0. The van der Waals surface area contributed by atoms with Crippen LogP contribution in [0.1, 0.15) is 31.8 Å². The maximum atomic E-state index is 11.9. The first kappa shape index (κ1) is 14.5. The zero-order valence-electron chi connectivity index (χ0n) is 11.4. The molecule has 0 aliphatic carbocycles. The van der Waals surface area contributed by atoms with Gasteiger partial charge in [-0.05, 0) is 35.4 Å². The number of hydrogen-bond acceptors (Lipinski definition) is 3. The van der Waals surface area contributed by atoms with Gasteiger partial charge >= 0.3 is 11.9 Å². The highest BCUT2D eigenvalue weighted by Crippen LogP contribution is 2.10. The number of esters is 2. The molecular formula is C18H14O3. The Morgan fingerprint density at radius 1 is 0.714 bits per heavy atom. The van der Waals surface area contributed by atoms with E-state index in [-0.39, 0.29) is 0 Å². The lowest BCUT2D eigenvalue weighted by atomic mass is 10.1. The molecule has 2 aromatic carbocycles. The molecule has 0 aromatic heterocycles. The number of carbonyl (C=O) groups is 2. The summed E-state index contributed by atoms with van der Waals surface area (Å²) >= 11 is 0. The molecule has 0 aliphatic rings. The van der Waals surface area contributed by atoms with Gasteiger partial charge in [0.2, 0.25) is 0 Å². The fourth-order valence-corrected chi connectivity index (χ4v) is 1.71. The first-order chi connectivity index (χ1) is 10.1. The third-order valence-corrected chi connectivity index (χ3v) is 2.95. The van der Waals surface area contributed by atoms with Gasteiger partial charge in [-0.1, -0.05) is 49.6 Å². The van der Waals surface area contributed by atoms with E-state index in [0.717, 1.165) is 11.1 Å². The Hall–Kier alpha value is -2.94. The van der Waals surface area contributed by atoms with Gasteiger partial charge in [-0.25, -0.2) is 9.59 Å². The standard InChI is InChI=1S/C18H14O3/c1-3-13-5-9-15(10-6-13)17(19)21-18(20)16-11-7-14(4-2)8-12-16/h3-12H,1-2H2. The largest absolute Gasteiger partial charge is 0.386 e. The topological polar surface area (TPSA) is 43.4 Å². The monoisotopic (exact) mass is 278 g/mol. The smallest absolute Gasteiger partial charge is 0.346 e. The Balaban J connectivity index is 2.08. The molecule has 0 aliphatic heterocycles. The van der Waals surface area contributed by atoms with E-state index >= 15 is 0 Å². The second-order valence-corrected chi connectivity index (χ2v) is 4.33. The lowest BCUT2D eigenvalue weighted by Gasteiger charge is -2.04. The third-order valence-electron chi connectivity index (χ3n) is 2.95. The highest BCUT2D eigenvalue weighted by molar-refractivity contribution is 6.02. The SMILES string of the molecule is C=Cc1ccc(C(=O)OC(=O)c2ccc(C=C)cc2)cc1. The van der Waals surface area contributed by atoms with Crippen molar-refractivity contribution in [1.82, 2.24) is 0 Å². The van der Waals surface area contributed by atoms with Crippen molar-refractivity contribution in [3.8, 4) is 0 Å². The van der Waals surface area contributed by atoms with Gasteiger partial charge in [0.15, 0.2) is 0 Å². The second kappa shape index (κ2) is 6.48. The fourth-order valence-electron chi connectivity index (χ4n) is 1.71. The molecule has 0 heterocycles. The van der Waals surface area contributed by atoms with Crippen LogP contribution in [0.4, 0.5) is 0 Å². The molecule has 0 N–H and O–H groups in total. The van der Waals surface area contributed by atoms with E-state index < -0.39 is 11.9 Å². The molecule has 3 nitrogen and oxygen atoms in total. The molecule has 0 bridgehead atoms. The predicted molar refractivity (Wildman–Crippen MR) is 82.8 cm³/mol. The predicted octanol–water partition coefficient (Wildman–Crippen LogP) is 3.97. The van der Waals surface area contributed by atoms with Crippen molar-refractivity contribution in [3.63, 3.8) is 0 Å². The van der Waals surface area contributed by atoms with Crippen LogP contribution < -0.4 is 0 Å². The molecule has 104 valence electrons. The number of benzene rings is 2. The van der Waals surface area contributed by atoms with Crippen LogP contribution >= 0.6 is 0 Å². The van der Waals surface area contributed by atoms with E-state index in [1.807, 2.05) is 0 Å². The van der Waals surface area contributed by atoms with E-state index in [1.165, 1.54) is 0 Å². The summed E-state index contributed by atoms with van der Waals surface area (Å²) < 4.78 is 4.84. The number of rotatable bonds is 4. The minimum atomic E-state index is -0.677. The maximum Gasteiger partial charge on any atom is 0.346 e. The van der Waals surface area contributed by atoms with Crippen molar-refractivity contribution < 1.29 is 14.3 Å². The van der Waals surface area contributed by atoms with Crippen LogP contribution in [-0.2, 0) is 4.74 Å². The second-order valence-electron chi connectivity index (χ2n) is 4.33. The van der Waals surface area contributed by atoms with Crippen LogP contribution in [0.5, 0.6) is 0 Å². The van der Waals surface area contributed by atoms with Crippen molar-refractivity contribution in [3.05, 3.63) is 83.9 Å². The normalized spacial score (nSPS) is 9.71. The summed E-state index contributed by atoms with van der Waals surface area (Å²) in [5.41, 5.74) is 2.41. The molecule has 3 heteroatoms. The van der Waals surface area contributed by atoms with Crippen molar-refractivity contribution in [2.24, 2.45) is 0 Å². The zero-order chi connectivity index (χ0) is 15.2. The summed E-state index contributed by atoms with van der Waals surface area (Å²) in [4.78, 5) is 23.7. The van der Waals surface area contributed by atoms with Crippen LogP contribution in [0.15, 0.2) is 61.7 Å². The minimum Gasteiger partial charge on any atom is -0.386 e. The average molecular weight is 278 g/mol. The number of carbonyl (C=O) groups excluding carboxylic acids is 2. The molecule has 2 aromatic rings. The van der Waals surface area contributed by atoms with Crippen molar-refractivity contribution >= 4 is 24.1 Å². The van der Waals surface area contributed by atoms with Crippen molar-refractivity contribution in [2.45, 2.75) is 0 Å². The summed E-state index contributed by atoms with van der Waals surface area (Å²) in [6.45, 7) is 7.26. The quantitative estimate of drug-likeness (QED) is 0.628. The summed E-state index contributed by atoms with van der Waals surface area (Å²) in [6.07, 6.45) is 3.34. The molecule has 0 atom stereocenters. The average Bonchev–Trinajstić information content (AvgIpc) is 2.55. The molecule has 0 saturated heterocycles. The number of hydrogen-bond donors (Lipinski definition) is 0. The Morgan fingerprint density at radius 3 is 1.33 bits per heavy atom. The lowest BCUT2D eigenvalue weighted by Crippen LogP contribution is -2.12. The van der Waals surface area contributed by atoms with Crippen LogP contribution in [0, 0.1) is 0 Å². The lowest BCUT2D eigenvalue weighted by molar-refractivity contribution is 0.0398. The van der Waals surface area contributed by atoms with Crippen LogP contribution in [0.25, 0.3) is 12.2 Å². The van der Waals surface area contributed by atoms with Crippen molar-refractivity contribution in [2.75, 3.05) is 0 Å². The zero-order valence-corrected chi connectivity index (χ0v) is 11.4. The van der Waals surface area contributed by atoms with Crippen LogP contribution in [0.3, 0.4) is 0 Å². The van der Waals surface area contributed by atoms with Gasteiger partial charge in [0, 0.05) is 0 Å². The number of ether oxygens (including phenoxy) is 1. The Labute approximate surface area is 123 Å². The van der Waals surface area contributed by atoms with Crippen LogP contribution in [0.2, 0.25) is 0 Å². The van der Waals surface area contributed by atoms with Gasteiger partial charge in [-0.15, -0.1) is 0 Å². The Morgan fingerprint density at radius 2 is 1.05 bits per heavy atom. The molecular weight excluding hydrogens is 264 g/mol. The van der Waals surface area contributed by atoms with E-state index in [1.54, 1.807) is 60.7 Å². The Kier molecular flexibility index (Phi) is 4.46. The van der Waals surface area contributed by atoms with Gasteiger partial charge < -0.3 is 4.74 Å². The van der Waals surface area contributed by atoms with Gasteiger partial charge in [0.05, 0.1) is 11.1 Å². The fraction of sp³-hybridized carbons (Fsp3) is 0. The molecule has 0 unspecified atom stereocenters. The highest BCUT2D eigenvalue weighted by Gasteiger charge is 2.14. The summed E-state index contributed by atoms with van der Waals surface area (Å²) in [7, 11) is 0. The van der Waals surface area contributed by atoms with Gasteiger partial charge in [-0.3, -0.25) is 0 Å². The summed E-state index contributed by atoms with van der Waals surface area (Å²) in [5.74, 6) is -1.35. The minimum absolute atomic E-state index is 0.316. The van der Waals surface area contributed by atoms with E-state index in [0.29, 0.717) is 11.1 Å². The van der Waals surface area contributed by atoms with E-state index in [9.17, 15) is 9.59 Å². The summed E-state index contributed by atoms with van der Waals surface area (Å²) in [6, 6.07) is 13.3.